The minimum Gasteiger partial charge on any atom is -0.464 e. The van der Waals surface area contributed by atoms with Gasteiger partial charge in [0, 0.05) is 68.7 Å². The van der Waals surface area contributed by atoms with Crippen molar-refractivity contribution in [3.63, 3.8) is 0 Å². The topological polar surface area (TPSA) is 100 Å². The van der Waals surface area contributed by atoms with E-state index < -0.39 is 5.97 Å². The number of rotatable bonds is 8. The Bertz CT molecular complexity index is 1580. The Hall–Kier alpha value is -4.34. The van der Waals surface area contributed by atoms with Crippen molar-refractivity contribution in [2.45, 2.75) is 57.0 Å². The summed E-state index contributed by atoms with van der Waals surface area (Å²) >= 11 is 0. The fourth-order valence-corrected chi connectivity index (χ4v) is 7.24. The maximum atomic E-state index is 13.3. The van der Waals surface area contributed by atoms with Crippen molar-refractivity contribution in [3.05, 3.63) is 88.0 Å². The Morgan fingerprint density at radius 3 is 2.39 bits per heavy atom. The lowest BCUT2D eigenvalue weighted by Gasteiger charge is -2.39. The zero-order valence-electron chi connectivity index (χ0n) is 25.9. The standard InChI is InChI=1S/C34H42N6O4/c1-4-33(26-9-6-5-7-10-26)13-16-38(23-33)27-21-25(2)40(30(41)22-27)20-19-39-24-34(36-32(39)43)14-17-37(18-15-34)29-12-8-11-28(35-29)31(42)44-3/h5-12,21-22H,4,13-20,23-24H2,1-3H3,(H,36,43)/t33-/m0/s1. The van der Waals surface area contributed by atoms with Gasteiger partial charge in [-0.1, -0.05) is 43.3 Å². The molecular weight excluding hydrogens is 556 g/mol. The lowest BCUT2D eigenvalue weighted by molar-refractivity contribution is 0.0594. The van der Waals surface area contributed by atoms with Crippen LogP contribution in [0.25, 0.3) is 0 Å². The number of piperidine rings is 1. The molecule has 0 bridgehead atoms. The molecule has 10 nitrogen and oxygen atoms in total. The van der Waals surface area contributed by atoms with Crippen molar-refractivity contribution in [2.75, 3.05) is 56.2 Å². The molecule has 1 N–H and O–H groups in total. The van der Waals surface area contributed by atoms with Crippen molar-refractivity contribution in [1.82, 2.24) is 19.8 Å². The van der Waals surface area contributed by atoms with Crippen LogP contribution >= 0.6 is 0 Å². The number of pyridine rings is 2. The molecule has 3 aromatic rings. The van der Waals surface area contributed by atoms with Crippen LogP contribution in [0.3, 0.4) is 0 Å². The molecule has 0 saturated carbocycles. The number of aryl methyl sites for hydroxylation is 1. The summed E-state index contributed by atoms with van der Waals surface area (Å²) in [6, 6.07) is 19.9. The molecule has 1 spiro atoms. The van der Waals surface area contributed by atoms with Gasteiger partial charge < -0.3 is 29.3 Å². The summed E-state index contributed by atoms with van der Waals surface area (Å²) in [7, 11) is 1.35. The van der Waals surface area contributed by atoms with Crippen LogP contribution in [-0.2, 0) is 16.7 Å². The van der Waals surface area contributed by atoms with Crippen molar-refractivity contribution in [3.8, 4) is 0 Å². The number of aromatic nitrogens is 2. The largest absolute Gasteiger partial charge is 0.464 e. The molecule has 2 aromatic heterocycles. The Morgan fingerprint density at radius 2 is 1.68 bits per heavy atom. The number of esters is 1. The van der Waals surface area contributed by atoms with Gasteiger partial charge in [-0.15, -0.1) is 0 Å². The van der Waals surface area contributed by atoms with Gasteiger partial charge in [0.2, 0.25) is 0 Å². The van der Waals surface area contributed by atoms with Gasteiger partial charge in [-0.2, -0.15) is 0 Å². The van der Waals surface area contributed by atoms with Gasteiger partial charge in [0.1, 0.15) is 5.82 Å². The van der Waals surface area contributed by atoms with Crippen LogP contribution in [0.2, 0.25) is 0 Å². The highest BCUT2D eigenvalue weighted by Crippen LogP contribution is 2.39. The fraction of sp³-hybridized carbons (Fsp3) is 0.471. The number of hydrogen-bond donors (Lipinski definition) is 1. The number of urea groups is 1. The summed E-state index contributed by atoms with van der Waals surface area (Å²) in [6.45, 7) is 9.01. The Labute approximate surface area is 258 Å². The highest BCUT2D eigenvalue weighted by atomic mass is 16.5. The molecule has 3 saturated heterocycles. The second-order valence-corrected chi connectivity index (χ2v) is 12.5. The molecular formula is C34H42N6O4. The lowest BCUT2D eigenvalue weighted by Crippen LogP contribution is -2.52. The molecule has 10 heteroatoms. The molecule has 3 aliphatic heterocycles. The fourth-order valence-electron chi connectivity index (χ4n) is 7.24. The Morgan fingerprint density at radius 1 is 0.932 bits per heavy atom. The number of hydrogen-bond acceptors (Lipinski definition) is 7. The number of ether oxygens (including phenoxy) is 1. The van der Waals surface area contributed by atoms with E-state index in [1.54, 1.807) is 16.7 Å². The number of methoxy groups -OCH3 is 1. The van der Waals surface area contributed by atoms with Gasteiger partial charge >= 0.3 is 12.0 Å². The average molecular weight is 599 g/mol. The first kappa shape index (κ1) is 29.7. The number of benzene rings is 1. The van der Waals surface area contributed by atoms with E-state index in [2.05, 4.69) is 63.4 Å². The van der Waals surface area contributed by atoms with E-state index >= 15 is 0 Å². The number of nitrogens with zero attached hydrogens (tertiary/aromatic N) is 5. The Balaban J connectivity index is 1.07. The average Bonchev–Trinajstić information content (AvgIpc) is 3.63. The molecule has 3 aliphatic rings. The third-order valence-corrected chi connectivity index (χ3v) is 10.0. The Kier molecular flexibility index (Phi) is 8.09. The van der Waals surface area contributed by atoms with Crippen LogP contribution in [0, 0.1) is 6.92 Å². The number of amides is 2. The SMILES string of the molecule is CC[C@]1(c2ccccc2)CCN(c2cc(C)n(CCN3CC4(CCN(c5cccc(C(=O)OC)n5)CC4)NC3=O)c(=O)c2)C1. The van der Waals surface area contributed by atoms with Crippen LogP contribution in [0.15, 0.2) is 65.5 Å². The first-order valence-corrected chi connectivity index (χ1v) is 15.6. The molecule has 1 atom stereocenters. The monoisotopic (exact) mass is 598 g/mol. The number of carbonyl (C=O) groups is 2. The van der Waals surface area contributed by atoms with Crippen LogP contribution in [0.5, 0.6) is 0 Å². The molecule has 3 fully saturated rings. The zero-order valence-corrected chi connectivity index (χ0v) is 25.9. The van der Waals surface area contributed by atoms with Crippen molar-refractivity contribution >= 4 is 23.5 Å². The van der Waals surface area contributed by atoms with Gasteiger partial charge in [-0.25, -0.2) is 14.6 Å². The molecule has 2 amide bonds. The van der Waals surface area contributed by atoms with E-state index in [1.807, 2.05) is 24.0 Å². The minimum atomic E-state index is -0.458. The molecule has 44 heavy (non-hydrogen) atoms. The maximum absolute atomic E-state index is 13.3. The maximum Gasteiger partial charge on any atom is 0.356 e. The minimum absolute atomic E-state index is 0.0296. The molecule has 0 aliphatic carbocycles. The number of anilines is 2. The van der Waals surface area contributed by atoms with Crippen LogP contribution in [0.1, 0.15) is 54.4 Å². The molecule has 5 heterocycles. The van der Waals surface area contributed by atoms with Gasteiger partial charge in [0.05, 0.1) is 12.6 Å². The summed E-state index contributed by atoms with van der Waals surface area (Å²) in [5, 5.41) is 3.24. The summed E-state index contributed by atoms with van der Waals surface area (Å²) in [5.74, 6) is 0.275. The highest BCUT2D eigenvalue weighted by molar-refractivity contribution is 5.87. The second kappa shape index (κ2) is 12.0. The third-order valence-electron chi connectivity index (χ3n) is 10.0. The lowest BCUT2D eigenvalue weighted by atomic mass is 9.77. The second-order valence-electron chi connectivity index (χ2n) is 12.5. The molecule has 6 rings (SSSR count). The van der Waals surface area contributed by atoms with E-state index in [9.17, 15) is 14.4 Å². The van der Waals surface area contributed by atoms with E-state index in [4.69, 9.17) is 4.74 Å². The molecule has 232 valence electrons. The first-order chi connectivity index (χ1) is 21.2. The normalized spacial score (nSPS) is 21.2. The molecule has 0 unspecified atom stereocenters. The third kappa shape index (κ3) is 5.65. The van der Waals surface area contributed by atoms with Crippen LogP contribution in [-0.4, -0.2) is 78.4 Å². The van der Waals surface area contributed by atoms with Crippen molar-refractivity contribution < 1.29 is 14.3 Å². The van der Waals surface area contributed by atoms with Gasteiger partial charge in [0.25, 0.3) is 5.56 Å². The van der Waals surface area contributed by atoms with E-state index in [0.717, 1.165) is 56.0 Å². The van der Waals surface area contributed by atoms with Crippen LogP contribution in [0.4, 0.5) is 16.3 Å². The van der Waals surface area contributed by atoms with Gasteiger partial charge in [0.15, 0.2) is 5.69 Å². The van der Waals surface area contributed by atoms with Crippen LogP contribution < -0.4 is 20.7 Å². The summed E-state index contributed by atoms with van der Waals surface area (Å²) in [4.78, 5) is 49.1. The predicted octanol–water partition coefficient (Wildman–Crippen LogP) is 3.96. The van der Waals surface area contributed by atoms with Crippen molar-refractivity contribution in [1.29, 1.82) is 0 Å². The van der Waals surface area contributed by atoms with E-state index in [-0.39, 0.29) is 28.2 Å². The summed E-state index contributed by atoms with van der Waals surface area (Å²) < 4.78 is 6.59. The molecule has 0 radical (unpaired) electrons. The smallest absolute Gasteiger partial charge is 0.356 e. The number of nitrogens with one attached hydrogen (secondary N) is 1. The summed E-state index contributed by atoms with van der Waals surface area (Å²) in [5.41, 5.74) is 3.30. The zero-order chi connectivity index (χ0) is 30.9. The van der Waals surface area contributed by atoms with Crippen molar-refractivity contribution in [2.24, 2.45) is 0 Å². The van der Waals surface area contributed by atoms with Gasteiger partial charge in [-0.3, -0.25) is 4.79 Å². The highest BCUT2D eigenvalue weighted by Gasteiger charge is 2.44. The van der Waals surface area contributed by atoms with Gasteiger partial charge in [-0.05, 0) is 56.4 Å². The first-order valence-electron chi connectivity index (χ1n) is 15.6. The van der Waals surface area contributed by atoms with E-state index in [1.165, 1.54) is 12.7 Å². The number of carbonyl (C=O) groups excluding carboxylic acids is 2. The predicted molar refractivity (Wildman–Crippen MR) is 171 cm³/mol. The summed E-state index contributed by atoms with van der Waals surface area (Å²) in [6.07, 6.45) is 3.66. The quantitative estimate of drug-likeness (QED) is 0.392. The van der Waals surface area contributed by atoms with E-state index in [0.29, 0.717) is 32.7 Å². The molecule has 1 aromatic carbocycles.